The molecule has 7 heteroatoms. The quantitative estimate of drug-likeness (QED) is 0.868. The molecule has 0 radical (unpaired) electrons. The van der Waals surface area contributed by atoms with E-state index in [9.17, 15) is 9.59 Å². The number of rotatable bonds is 3. The first-order valence-electron chi connectivity index (χ1n) is 9.47. The zero-order valence-corrected chi connectivity index (χ0v) is 16.8. The van der Waals surface area contributed by atoms with Crippen molar-refractivity contribution >= 4 is 11.7 Å². The number of amides is 1. The van der Waals surface area contributed by atoms with Crippen LogP contribution in [0.1, 0.15) is 61.3 Å². The van der Waals surface area contributed by atoms with E-state index in [1.807, 2.05) is 18.3 Å². The van der Waals surface area contributed by atoms with Crippen LogP contribution in [0.2, 0.25) is 0 Å². The van der Waals surface area contributed by atoms with Crippen LogP contribution < -0.4 is 16.2 Å². The van der Waals surface area contributed by atoms with Crippen LogP contribution in [-0.4, -0.2) is 33.3 Å². The Kier molecular flexibility index (Phi) is 5.24. The standard InChI is InChI=1S/C20H29N5O2/c1-13-8-11-25(14-6-9-21-10-7-14)19(27)17(13)18(26)22-16-12-15(20(2,3)4)23-24(16)5/h8,11-12,14,21H,6-7,9-10H2,1-5H3,(H,22,26). The van der Waals surface area contributed by atoms with Gasteiger partial charge >= 0.3 is 0 Å². The molecule has 27 heavy (non-hydrogen) atoms. The molecule has 0 atom stereocenters. The molecular formula is C20H29N5O2. The molecule has 1 aliphatic heterocycles. The second-order valence-corrected chi connectivity index (χ2v) is 8.31. The van der Waals surface area contributed by atoms with Gasteiger partial charge in [0, 0.05) is 30.8 Å². The number of hydrogen-bond acceptors (Lipinski definition) is 4. The number of anilines is 1. The first-order chi connectivity index (χ1) is 12.7. The first kappa shape index (κ1) is 19.4. The number of carbonyl (C=O) groups excluding carboxylic acids is 1. The van der Waals surface area contributed by atoms with Gasteiger partial charge in [0.1, 0.15) is 11.4 Å². The van der Waals surface area contributed by atoms with Gasteiger partial charge in [-0.15, -0.1) is 0 Å². The number of aromatic nitrogens is 3. The van der Waals surface area contributed by atoms with Crippen molar-refractivity contribution < 1.29 is 4.79 Å². The Morgan fingerprint density at radius 1 is 1.30 bits per heavy atom. The highest BCUT2D eigenvalue weighted by molar-refractivity contribution is 6.04. The minimum Gasteiger partial charge on any atom is -0.317 e. The summed E-state index contributed by atoms with van der Waals surface area (Å²) >= 11 is 0. The van der Waals surface area contributed by atoms with Crippen molar-refractivity contribution in [2.75, 3.05) is 18.4 Å². The number of nitrogens with zero attached hydrogens (tertiary/aromatic N) is 3. The highest BCUT2D eigenvalue weighted by Gasteiger charge is 2.23. The van der Waals surface area contributed by atoms with Crippen LogP contribution in [0.4, 0.5) is 5.82 Å². The van der Waals surface area contributed by atoms with Crippen LogP contribution in [0, 0.1) is 6.92 Å². The molecule has 0 bridgehead atoms. The number of piperidine rings is 1. The third-order valence-electron chi connectivity index (χ3n) is 5.15. The molecule has 0 aliphatic carbocycles. The maximum absolute atomic E-state index is 13.0. The summed E-state index contributed by atoms with van der Waals surface area (Å²) in [6, 6.07) is 3.85. The van der Waals surface area contributed by atoms with E-state index in [0.717, 1.165) is 31.6 Å². The SMILES string of the molecule is Cc1ccn(C2CCNCC2)c(=O)c1C(=O)Nc1cc(C(C)(C)C)nn1C. The lowest BCUT2D eigenvalue weighted by Gasteiger charge is -2.25. The molecule has 2 aromatic heterocycles. The van der Waals surface area contributed by atoms with Crippen LogP contribution in [0.3, 0.4) is 0 Å². The minimum atomic E-state index is -0.385. The largest absolute Gasteiger partial charge is 0.317 e. The lowest BCUT2D eigenvalue weighted by atomic mass is 9.92. The van der Waals surface area contributed by atoms with Crippen molar-refractivity contribution in [2.45, 2.75) is 52.0 Å². The van der Waals surface area contributed by atoms with Crippen LogP contribution >= 0.6 is 0 Å². The van der Waals surface area contributed by atoms with E-state index in [2.05, 4.69) is 36.5 Å². The van der Waals surface area contributed by atoms with Crippen molar-refractivity contribution in [2.24, 2.45) is 7.05 Å². The fourth-order valence-electron chi connectivity index (χ4n) is 3.42. The van der Waals surface area contributed by atoms with Gasteiger partial charge in [0.05, 0.1) is 5.69 Å². The van der Waals surface area contributed by atoms with Crippen LogP contribution in [0.5, 0.6) is 0 Å². The summed E-state index contributed by atoms with van der Waals surface area (Å²) in [7, 11) is 1.79. The number of pyridine rings is 1. The van der Waals surface area contributed by atoms with E-state index in [4.69, 9.17) is 0 Å². The van der Waals surface area contributed by atoms with Crippen molar-refractivity contribution in [3.05, 3.63) is 45.5 Å². The number of carbonyl (C=O) groups is 1. The average molecular weight is 371 g/mol. The number of hydrogen-bond donors (Lipinski definition) is 2. The molecule has 1 aliphatic rings. The van der Waals surface area contributed by atoms with E-state index in [1.54, 1.807) is 23.2 Å². The van der Waals surface area contributed by atoms with E-state index >= 15 is 0 Å². The number of nitrogens with one attached hydrogen (secondary N) is 2. The molecule has 0 spiro atoms. The molecule has 146 valence electrons. The smallest absolute Gasteiger partial charge is 0.263 e. The zero-order valence-electron chi connectivity index (χ0n) is 16.8. The summed E-state index contributed by atoms with van der Waals surface area (Å²) in [5.74, 6) is 0.199. The molecule has 1 saturated heterocycles. The Balaban J connectivity index is 1.91. The Hall–Kier alpha value is -2.41. The molecule has 3 heterocycles. The molecule has 0 unspecified atom stereocenters. The van der Waals surface area contributed by atoms with Crippen LogP contribution in [-0.2, 0) is 12.5 Å². The van der Waals surface area contributed by atoms with Gasteiger partial charge in [0.15, 0.2) is 0 Å². The molecule has 2 N–H and O–H groups in total. The molecule has 0 saturated carbocycles. The molecular weight excluding hydrogens is 342 g/mol. The maximum atomic E-state index is 13.0. The third-order valence-corrected chi connectivity index (χ3v) is 5.15. The van der Waals surface area contributed by atoms with Crippen molar-refractivity contribution in [3.8, 4) is 0 Å². The fraction of sp³-hybridized carbons (Fsp3) is 0.550. The topological polar surface area (TPSA) is 81.0 Å². The van der Waals surface area contributed by atoms with E-state index in [1.165, 1.54) is 0 Å². The summed E-state index contributed by atoms with van der Waals surface area (Å²) in [4.78, 5) is 26.0. The minimum absolute atomic E-state index is 0.120. The Bertz CT molecular complexity index is 898. The van der Waals surface area contributed by atoms with Gasteiger partial charge in [-0.1, -0.05) is 20.8 Å². The molecule has 7 nitrogen and oxygen atoms in total. The van der Waals surface area contributed by atoms with Gasteiger partial charge in [0.2, 0.25) is 0 Å². The molecule has 2 aromatic rings. The Morgan fingerprint density at radius 2 is 1.96 bits per heavy atom. The van der Waals surface area contributed by atoms with Crippen LogP contribution in [0.25, 0.3) is 0 Å². The normalized spacial score (nSPS) is 15.7. The highest BCUT2D eigenvalue weighted by atomic mass is 16.2. The second kappa shape index (κ2) is 7.31. The summed E-state index contributed by atoms with van der Waals surface area (Å²) in [5, 5.41) is 10.6. The van der Waals surface area contributed by atoms with Gasteiger partial charge in [0.25, 0.3) is 11.5 Å². The van der Waals surface area contributed by atoms with Gasteiger partial charge in [-0.2, -0.15) is 5.10 Å². The van der Waals surface area contributed by atoms with Gasteiger partial charge in [-0.25, -0.2) is 0 Å². The Labute approximate surface area is 159 Å². The molecule has 3 rings (SSSR count). The molecule has 1 amide bonds. The average Bonchev–Trinajstić information content (AvgIpc) is 2.97. The molecule has 0 aromatic carbocycles. The second-order valence-electron chi connectivity index (χ2n) is 8.31. The van der Waals surface area contributed by atoms with Gasteiger partial charge < -0.3 is 15.2 Å². The van der Waals surface area contributed by atoms with E-state index in [-0.39, 0.29) is 28.5 Å². The Morgan fingerprint density at radius 3 is 2.56 bits per heavy atom. The van der Waals surface area contributed by atoms with Gasteiger partial charge in [-0.05, 0) is 44.5 Å². The van der Waals surface area contributed by atoms with Crippen molar-refractivity contribution in [1.82, 2.24) is 19.7 Å². The lowest BCUT2D eigenvalue weighted by molar-refractivity contribution is 0.102. The summed E-state index contributed by atoms with van der Waals surface area (Å²) in [6.45, 7) is 9.78. The van der Waals surface area contributed by atoms with E-state index < -0.39 is 0 Å². The third kappa shape index (κ3) is 3.98. The summed E-state index contributed by atoms with van der Waals surface area (Å²) in [6.07, 6.45) is 3.59. The lowest BCUT2D eigenvalue weighted by Crippen LogP contribution is -2.37. The number of aryl methyl sites for hydroxylation is 2. The zero-order chi connectivity index (χ0) is 19.8. The molecule has 1 fully saturated rings. The first-order valence-corrected chi connectivity index (χ1v) is 9.47. The maximum Gasteiger partial charge on any atom is 0.263 e. The fourth-order valence-corrected chi connectivity index (χ4v) is 3.42. The predicted molar refractivity (Wildman–Crippen MR) is 106 cm³/mol. The van der Waals surface area contributed by atoms with Crippen LogP contribution in [0.15, 0.2) is 23.1 Å². The predicted octanol–water partition coefficient (Wildman–Crippen LogP) is 2.36. The van der Waals surface area contributed by atoms with E-state index in [0.29, 0.717) is 11.4 Å². The summed E-state index contributed by atoms with van der Waals surface area (Å²) in [5.41, 5.74) is 1.43. The van der Waals surface area contributed by atoms with Crippen molar-refractivity contribution in [3.63, 3.8) is 0 Å². The monoisotopic (exact) mass is 371 g/mol. The highest BCUT2D eigenvalue weighted by Crippen LogP contribution is 2.24. The van der Waals surface area contributed by atoms with Gasteiger partial charge in [-0.3, -0.25) is 14.3 Å². The summed E-state index contributed by atoms with van der Waals surface area (Å²) < 4.78 is 3.36. The van der Waals surface area contributed by atoms with Crippen molar-refractivity contribution in [1.29, 1.82) is 0 Å².